The summed E-state index contributed by atoms with van der Waals surface area (Å²) in [6.07, 6.45) is 0.00622. The Morgan fingerprint density at radius 2 is 1.84 bits per heavy atom. The molecule has 0 aromatic heterocycles. The fourth-order valence-corrected chi connectivity index (χ4v) is 3.30. The molecule has 1 saturated carbocycles. The molecule has 1 aromatic carbocycles. The quantitative estimate of drug-likeness (QED) is 0.545. The van der Waals surface area contributed by atoms with Gasteiger partial charge in [0.05, 0.1) is 13.4 Å². The van der Waals surface area contributed by atoms with Crippen molar-refractivity contribution >= 4 is 13.8 Å². The summed E-state index contributed by atoms with van der Waals surface area (Å²) in [5.41, 5.74) is -0.0160. The lowest BCUT2D eigenvalue weighted by Crippen LogP contribution is -2.28. The molecule has 1 aliphatic carbocycles. The van der Waals surface area contributed by atoms with Crippen LogP contribution in [0.5, 0.6) is 0 Å². The zero-order chi connectivity index (χ0) is 19.0. The summed E-state index contributed by atoms with van der Waals surface area (Å²) in [4.78, 5) is 12.7. The van der Waals surface area contributed by atoms with Crippen LogP contribution in [0.3, 0.4) is 0 Å². The van der Waals surface area contributed by atoms with Crippen LogP contribution in [0.1, 0.15) is 86.6 Å². The summed E-state index contributed by atoms with van der Waals surface area (Å²) in [6.45, 7) is 6.74. The zero-order valence-electron chi connectivity index (χ0n) is 15.2. The molecule has 0 bridgehead atoms. The maximum Gasteiger partial charge on any atom is 0.339 e. The fourth-order valence-electron chi connectivity index (χ4n) is 3.30. The van der Waals surface area contributed by atoms with Gasteiger partial charge in [0.2, 0.25) is 5.92 Å². The summed E-state index contributed by atoms with van der Waals surface area (Å²) in [7, 11) is 5.89. The third-order valence-corrected chi connectivity index (χ3v) is 4.44. The molecule has 0 unspecified atom stereocenters. The molecular weight excluding hydrogens is 328 g/mol. The predicted molar refractivity (Wildman–Crippen MR) is 91.9 cm³/mol. The van der Waals surface area contributed by atoms with Crippen molar-refractivity contribution in [3.8, 4) is 0 Å². The Kier molecular flexibility index (Phi) is 5.60. The molecule has 1 fully saturated rings. The maximum absolute atomic E-state index is 14.4. The lowest BCUT2D eigenvalue weighted by atomic mass is 9.75. The predicted octanol–water partition coefficient (Wildman–Crippen LogP) is 5.30. The second kappa shape index (κ2) is 7.04. The van der Waals surface area contributed by atoms with E-state index in [1.165, 1.54) is 12.1 Å². The highest BCUT2D eigenvalue weighted by Crippen LogP contribution is 2.43. The Hall–Kier alpha value is -1.46. The number of hydrogen-bond donors (Lipinski definition) is 0. The number of rotatable bonds is 3. The Morgan fingerprint density at radius 3 is 2.32 bits per heavy atom. The molecule has 6 heteroatoms. The van der Waals surface area contributed by atoms with Crippen molar-refractivity contribution in [2.75, 3.05) is 0 Å². The van der Waals surface area contributed by atoms with E-state index in [0.29, 0.717) is 5.56 Å². The smallest absolute Gasteiger partial charge is 0.339 e. The SMILES string of the molecule is [B][C@H](C)c1c(F)ccc(C2CCC(F)(F)CC2)c1C(=O)OC(C)(C)C. The largest absolute Gasteiger partial charge is 0.456 e. The highest BCUT2D eigenvalue weighted by Gasteiger charge is 2.37. The van der Waals surface area contributed by atoms with Gasteiger partial charge < -0.3 is 4.74 Å². The Morgan fingerprint density at radius 1 is 1.28 bits per heavy atom. The van der Waals surface area contributed by atoms with Crippen LogP contribution in [0.15, 0.2) is 12.1 Å². The van der Waals surface area contributed by atoms with Crippen molar-refractivity contribution in [3.05, 3.63) is 34.6 Å². The summed E-state index contributed by atoms with van der Waals surface area (Å²) >= 11 is 0. The van der Waals surface area contributed by atoms with E-state index in [-0.39, 0.29) is 42.7 Å². The minimum Gasteiger partial charge on any atom is -0.456 e. The normalized spacial score (nSPS) is 19.5. The van der Waals surface area contributed by atoms with Gasteiger partial charge in [0, 0.05) is 12.8 Å². The van der Waals surface area contributed by atoms with Gasteiger partial charge in [-0.15, -0.1) is 0 Å². The van der Waals surface area contributed by atoms with E-state index in [1.54, 1.807) is 27.7 Å². The first-order valence-corrected chi connectivity index (χ1v) is 8.60. The van der Waals surface area contributed by atoms with Crippen molar-refractivity contribution in [1.82, 2.24) is 0 Å². The van der Waals surface area contributed by atoms with E-state index >= 15 is 0 Å². The van der Waals surface area contributed by atoms with E-state index in [9.17, 15) is 18.0 Å². The third kappa shape index (κ3) is 4.80. The molecule has 2 rings (SSSR count). The molecule has 1 aliphatic rings. The van der Waals surface area contributed by atoms with Crippen molar-refractivity contribution < 1.29 is 22.7 Å². The summed E-state index contributed by atoms with van der Waals surface area (Å²) in [6, 6.07) is 2.77. The van der Waals surface area contributed by atoms with Crippen molar-refractivity contribution in [2.24, 2.45) is 0 Å². The van der Waals surface area contributed by atoms with Crippen LogP contribution >= 0.6 is 0 Å². The molecule has 0 aliphatic heterocycles. The molecule has 0 saturated heterocycles. The van der Waals surface area contributed by atoms with E-state index < -0.39 is 29.1 Å². The average Bonchev–Trinajstić information content (AvgIpc) is 2.45. The standard InChI is InChI=1S/C19H24BF3O2/c1-11(20)15-14(21)6-5-13(12-7-9-19(22,23)10-8-12)16(15)17(24)25-18(2,3)4/h5-6,11-12H,7-10H2,1-4H3/t11-/m1/s1. The van der Waals surface area contributed by atoms with Gasteiger partial charge in [0.15, 0.2) is 0 Å². The molecule has 0 heterocycles. The maximum atomic E-state index is 14.4. The molecule has 2 radical (unpaired) electrons. The topological polar surface area (TPSA) is 26.3 Å². The highest BCUT2D eigenvalue weighted by molar-refractivity contribution is 6.13. The first-order valence-electron chi connectivity index (χ1n) is 8.60. The summed E-state index contributed by atoms with van der Waals surface area (Å²) in [5.74, 6) is -4.87. The van der Waals surface area contributed by atoms with Crippen LogP contribution in [0.4, 0.5) is 13.2 Å². The average molecular weight is 352 g/mol. The minimum absolute atomic E-state index is 0.0871. The lowest BCUT2D eigenvalue weighted by molar-refractivity contribution is -0.0383. The molecule has 1 aromatic rings. The van der Waals surface area contributed by atoms with Crippen LogP contribution in [0.25, 0.3) is 0 Å². The van der Waals surface area contributed by atoms with Gasteiger partial charge in [-0.2, -0.15) is 0 Å². The van der Waals surface area contributed by atoms with Gasteiger partial charge in [0.25, 0.3) is 0 Å². The molecule has 2 nitrogen and oxygen atoms in total. The zero-order valence-corrected chi connectivity index (χ0v) is 15.2. The Balaban J connectivity index is 2.49. The number of ether oxygens (including phenoxy) is 1. The monoisotopic (exact) mass is 352 g/mol. The van der Waals surface area contributed by atoms with Gasteiger partial charge in [-0.25, -0.2) is 18.0 Å². The molecule has 25 heavy (non-hydrogen) atoms. The number of alkyl halides is 2. The molecule has 0 amide bonds. The van der Waals surface area contributed by atoms with Gasteiger partial charge in [-0.05, 0) is 56.7 Å². The summed E-state index contributed by atoms with van der Waals surface area (Å²) in [5, 5.41) is 0. The summed E-state index contributed by atoms with van der Waals surface area (Å²) < 4.78 is 46.7. The number of hydrogen-bond acceptors (Lipinski definition) is 2. The van der Waals surface area contributed by atoms with Crippen LogP contribution in [-0.2, 0) is 4.74 Å². The first kappa shape index (κ1) is 19.9. The van der Waals surface area contributed by atoms with E-state index in [1.807, 2.05) is 0 Å². The number of carbonyl (C=O) groups excluding carboxylic acids is 1. The van der Waals surface area contributed by atoms with Crippen LogP contribution < -0.4 is 0 Å². The second-order valence-electron chi connectivity index (χ2n) is 7.85. The van der Waals surface area contributed by atoms with Gasteiger partial charge in [-0.1, -0.05) is 18.8 Å². The van der Waals surface area contributed by atoms with Crippen molar-refractivity contribution in [3.63, 3.8) is 0 Å². The second-order valence-corrected chi connectivity index (χ2v) is 7.85. The first-order chi connectivity index (χ1) is 11.4. The highest BCUT2D eigenvalue weighted by atomic mass is 19.3. The van der Waals surface area contributed by atoms with Crippen LogP contribution in [0, 0.1) is 5.82 Å². The fraction of sp³-hybridized carbons (Fsp3) is 0.632. The third-order valence-electron chi connectivity index (χ3n) is 4.44. The molecule has 136 valence electrons. The number of benzene rings is 1. The number of carbonyl (C=O) groups is 1. The molecular formula is C19H24BF3O2. The van der Waals surface area contributed by atoms with Gasteiger partial charge in [0.1, 0.15) is 11.4 Å². The van der Waals surface area contributed by atoms with Crippen LogP contribution in [0.2, 0.25) is 0 Å². The van der Waals surface area contributed by atoms with Gasteiger partial charge >= 0.3 is 5.97 Å². The van der Waals surface area contributed by atoms with Crippen molar-refractivity contribution in [2.45, 2.75) is 76.6 Å². The van der Waals surface area contributed by atoms with Gasteiger partial charge in [-0.3, -0.25) is 0 Å². The lowest BCUT2D eigenvalue weighted by Gasteiger charge is -2.31. The molecule has 0 spiro atoms. The van der Waals surface area contributed by atoms with E-state index in [4.69, 9.17) is 12.6 Å². The minimum atomic E-state index is -2.67. The van der Waals surface area contributed by atoms with E-state index in [0.717, 1.165) is 0 Å². The Bertz CT molecular complexity index is 641. The molecule has 0 N–H and O–H groups in total. The number of esters is 1. The Labute approximate surface area is 148 Å². The van der Waals surface area contributed by atoms with Crippen molar-refractivity contribution in [1.29, 1.82) is 0 Å². The number of halogens is 3. The molecule has 1 atom stereocenters. The van der Waals surface area contributed by atoms with Crippen LogP contribution in [-0.4, -0.2) is 25.3 Å². The van der Waals surface area contributed by atoms with E-state index in [2.05, 4.69) is 0 Å².